The summed E-state index contributed by atoms with van der Waals surface area (Å²) < 4.78 is 26.8. The van der Waals surface area contributed by atoms with Gasteiger partial charge >= 0.3 is 0 Å². The lowest BCUT2D eigenvalue weighted by atomic mass is 10.1. The van der Waals surface area contributed by atoms with Crippen molar-refractivity contribution in [1.29, 1.82) is 0 Å². The van der Waals surface area contributed by atoms with Gasteiger partial charge in [0.15, 0.2) is 0 Å². The summed E-state index contributed by atoms with van der Waals surface area (Å²) in [6, 6.07) is 0. The van der Waals surface area contributed by atoms with Crippen LogP contribution in [-0.4, -0.2) is 28.7 Å². The Kier molecular flexibility index (Phi) is 3.71. The molecule has 0 rings (SSSR count). The third kappa shape index (κ3) is 8.42. The van der Waals surface area contributed by atoms with Gasteiger partial charge < -0.3 is 4.98 Å². The van der Waals surface area contributed by atoms with Crippen molar-refractivity contribution in [2.45, 2.75) is 39.4 Å². The van der Waals surface area contributed by atoms with E-state index in [9.17, 15) is 8.42 Å². The van der Waals surface area contributed by atoms with Gasteiger partial charge in [-0.3, -0.25) is 3.87 Å². The van der Waals surface area contributed by atoms with Crippen molar-refractivity contribution in [1.82, 2.24) is 4.98 Å². The van der Waals surface area contributed by atoms with Gasteiger partial charge in [-0.05, 0) is 33.9 Å². The van der Waals surface area contributed by atoms with Crippen LogP contribution in [0.25, 0.3) is 0 Å². The lowest BCUT2D eigenvalue weighted by Gasteiger charge is -2.31. The van der Waals surface area contributed by atoms with Gasteiger partial charge in [0.2, 0.25) is 0 Å². The second kappa shape index (κ2) is 3.68. The van der Waals surface area contributed by atoms with E-state index >= 15 is 0 Å². The normalized spacial score (nSPS) is 14.6. The maximum Gasteiger partial charge on any atom is 0.284 e. The van der Waals surface area contributed by atoms with E-state index in [4.69, 9.17) is 3.87 Å². The van der Waals surface area contributed by atoms with E-state index in [0.29, 0.717) is 0 Å². The van der Waals surface area contributed by atoms with Crippen molar-refractivity contribution in [2.24, 2.45) is 0 Å². The number of nitrogens with one attached hydrogen (secondary N) is 1. The lowest BCUT2D eigenvalue weighted by molar-refractivity contribution is 0.435. The molecular weight excluding hydrogens is 206 g/mol. The Bertz CT molecular complexity index is 266. The lowest BCUT2D eigenvalue weighted by Crippen LogP contribution is -2.57. The van der Waals surface area contributed by atoms with E-state index in [1.165, 1.54) is 0 Å². The Morgan fingerprint density at radius 2 is 1.62 bits per heavy atom. The quantitative estimate of drug-likeness (QED) is 0.730. The van der Waals surface area contributed by atoms with Crippen LogP contribution in [0, 0.1) is 0 Å². The van der Waals surface area contributed by atoms with Gasteiger partial charge in [0.1, 0.15) is 0 Å². The zero-order valence-electron chi connectivity index (χ0n) is 9.13. The molecule has 0 bridgehead atoms. The summed E-state index contributed by atoms with van der Waals surface area (Å²) in [5.41, 5.74) is -0.125. The van der Waals surface area contributed by atoms with Crippen LogP contribution in [0.3, 0.4) is 0 Å². The molecule has 0 heterocycles. The van der Waals surface area contributed by atoms with Gasteiger partial charge in [-0.15, -0.1) is 0 Å². The topological polar surface area (TPSA) is 55.4 Å². The standard InChI is InChI=1S/C7H19NO3SSi/c1-7(2,3)8-13(5,6)11-12(4,9)10/h8H,1-6H3. The Labute approximate surface area is 82.0 Å². The summed E-state index contributed by atoms with van der Waals surface area (Å²) in [7, 11) is -5.67. The summed E-state index contributed by atoms with van der Waals surface area (Å²) in [5.74, 6) is 0. The number of hydrogen-bond donors (Lipinski definition) is 1. The fourth-order valence-electron chi connectivity index (χ4n) is 1.30. The third-order valence-corrected chi connectivity index (χ3v) is 5.27. The van der Waals surface area contributed by atoms with Gasteiger partial charge in [0.25, 0.3) is 18.6 Å². The highest BCUT2D eigenvalue weighted by atomic mass is 32.2. The molecule has 4 nitrogen and oxygen atoms in total. The van der Waals surface area contributed by atoms with E-state index < -0.39 is 18.6 Å². The average molecular weight is 225 g/mol. The average Bonchev–Trinajstić information content (AvgIpc) is 1.43. The fraction of sp³-hybridized carbons (Fsp3) is 1.00. The van der Waals surface area contributed by atoms with Gasteiger partial charge in [-0.1, -0.05) is 0 Å². The van der Waals surface area contributed by atoms with Crippen LogP contribution < -0.4 is 4.98 Å². The Morgan fingerprint density at radius 1 is 1.23 bits per heavy atom. The minimum absolute atomic E-state index is 0.125. The SMILES string of the molecule is CC(C)(C)N[Si](C)(C)OS(C)(=O)=O. The van der Waals surface area contributed by atoms with Crippen LogP contribution in [0.15, 0.2) is 0 Å². The molecule has 0 aliphatic heterocycles. The molecular formula is C7H19NO3SSi. The summed E-state index contributed by atoms with van der Waals surface area (Å²) in [6.45, 7) is 9.58. The van der Waals surface area contributed by atoms with Crippen molar-refractivity contribution < 1.29 is 12.3 Å². The van der Waals surface area contributed by atoms with Crippen molar-refractivity contribution in [3.05, 3.63) is 0 Å². The molecule has 0 saturated carbocycles. The van der Waals surface area contributed by atoms with E-state index in [2.05, 4.69) is 4.98 Å². The van der Waals surface area contributed by atoms with Gasteiger partial charge in [0, 0.05) is 5.54 Å². The van der Waals surface area contributed by atoms with E-state index in [1.807, 2.05) is 33.9 Å². The maximum atomic E-state index is 10.9. The molecule has 0 radical (unpaired) electrons. The zero-order valence-corrected chi connectivity index (χ0v) is 10.9. The largest absolute Gasteiger partial charge is 0.311 e. The molecule has 0 aliphatic carbocycles. The molecule has 0 atom stereocenters. The van der Waals surface area contributed by atoms with Gasteiger partial charge in [-0.25, -0.2) is 8.42 Å². The smallest absolute Gasteiger partial charge is 0.284 e. The first-order valence-electron chi connectivity index (χ1n) is 4.11. The van der Waals surface area contributed by atoms with Crippen LogP contribution in [0.1, 0.15) is 20.8 Å². The summed E-state index contributed by atoms with van der Waals surface area (Å²) in [6.07, 6.45) is 1.08. The molecule has 0 aromatic heterocycles. The minimum atomic E-state index is -3.35. The highest BCUT2D eigenvalue weighted by Gasteiger charge is 2.31. The molecule has 0 saturated heterocycles. The Hall–Kier alpha value is 0.0869. The maximum absolute atomic E-state index is 10.9. The monoisotopic (exact) mass is 225 g/mol. The first-order chi connectivity index (χ1) is 5.41. The fourth-order valence-corrected chi connectivity index (χ4v) is 6.30. The van der Waals surface area contributed by atoms with Crippen molar-refractivity contribution in [3.63, 3.8) is 0 Å². The molecule has 0 aliphatic rings. The molecule has 13 heavy (non-hydrogen) atoms. The highest BCUT2D eigenvalue weighted by Crippen LogP contribution is 2.10. The molecule has 1 N–H and O–H groups in total. The Balaban J connectivity index is 4.43. The van der Waals surface area contributed by atoms with Crippen LogP contribution in [0.4, 0.5) is 0 Å². The number of hydrogen-bond acceptors (Lipinski definition) is 4. The molecule has 0 spiro atoms. The van der Waals surface area contributed by atoms with Gasteiger partial charge in [-0.2, -0.15) is 0 Å². The van der Waals surface area contributed by atoms with E-state index in [1.54, 1.807) is 0 Å². The molecule has 0 aromatic carbocycles. The second-order valence-electron chi connectivity index (χ2n) is 4.67. The van der Waals surface area contributed by atoms with Crippen molar-refractivity contribution in [2.75, 3.05) is 6.26 Å². The van der Waals surface area contributed by atoms with Gasteiger partial charge in [0.05, 0.1) is 6.26 Å². The predicted octanol–water partition coefficient (Wildman–Crippen LogP) is 1.05. The number of rotatable bonds is 3. The first kappa shape index (κ1) is 13.1. The summed E-state index contributed by atoms with van der Waals surface area (Å²) in [4.78, 5) is 3.19. The summed E-state index contributed by atoms with van der Waals surface area (Å²) >= 11 is 0. The molecule has 0 fully saturated rings. The highest BCUT2D eigenvalue weighted by molar-refractivity contribution is 7.87. The van der Waals surface area contributed by atoms with Crippen LogP contribution >= 0.6 is 0 Å². The minimum Gasteiger partial charge on any atom is -0.311 e. The van der Waals surface area contributed by atoms with Crippen molar-refractivity contribution in [3.8, 4) is 0 Å². The molecule has 6 heteroatoms. The van der Waals surface area contributed by atoms with Crippen LogP contribution in [-0.2, 0) is 14.0 Å². The summed E-state index contributed by atoms with van der Waals surface area (Å²) in [5, 5.41) is 0. The molecule has 0 unspecified atom stereocenters. The second-order valence-corrected chi connectivity index (χ2v) is 10.0. The van der Waals surface area contributed by atoms with E-state index in [-0.39, 0.29) is 5.54 Å². The third-order valence-electron chi connectivity index (χ3n) is 1.04. The Morgan fingerprint density at radius 3 is 1.85 bits per heavy atom. The first-order valence-corrected chi connectivity index (χ1v) is 8.84. The molecule has 80 valence electrons. The molecule has 0 amide bonds. The van der Waals surface area contributed by atoms with Crippen LogP contribution in [0.2, 0.25) is 13.1 Å². The van der Waals surface area contributed by atoms with E-state index in [0.717, 1.165) is 6.26 Å². The molecule has 0 aromatic rings. The predicted molar refractivity (Wildman–Crippen MR) is 56.3 cm³/mol. The zero-order chi connectivity index (χ0) is 10.9. The van der Waals surface area contributed by atoms with Crippen molar-refractivity contribution >= 4 is 18.6 Å². The van der Waals surface area contributed by atoms with Crippen LogP contribution in [0.5, 0.6) is 0 Å².